The van der Waals surface area contributed by atoms with Crippen LogP contribution in [-0.2, 0) is 4.79 Å². The zero-order valence-electron chi connectivity index (χ0n) is 7.82. The van der Waals surface area contributed by atoms with E-state index in [4.69, 9.17) is 5.26 Å². The van der Waals surface area contributed by atoms with Crippen molar-refractivity contribution >= 4 is 17.8 Å². The van der Waals surface area contributed by atoms with Crippen LogP contribution in [0, 0.1) is 11.3 Å². The summed E-state index contributed by atoms with van der Waals surface area (Å²) >= 11 is 0. The van der Waals surface area contributed by atoms with Crippen molar-refractivity contribution in [3.8, 4) is 6.07 Å². The highest BCUT2D eigenvalue weighted by atomic mass is 16.1. The Hall–Kier alpha value is -2.02. The van der Waals surface area contributed by atoms with E-state index >= 15 is 0 Å². The van der Waals surface area contributed by atoms with Gasteiger partial charge in [-0.2, -0.15) is 5.26 Å². The third-order valence-corrected chi connectivity index (χ3v) is 1.66. The van der Waals surface area contributed by atoms with Crippen molar-refractivity contribution in [2.24, 2.45) is 0 Å². The Labute approximate surface area is 82.5 Å². The minimum Gasteiger partial charge on any atom is -0.370 e. The van der Waals surface area contributed by atoms with Gasteiger partial charge in [-0.15, -0.1) is 0 Å². The number of nitrogens with zero attached hydrogens (tertiary/aromatic N) is 1. The lowest BCUT2D eigenvalue weighted by Crippen LogP contribution is -2.11. The maximum Gasteiger partial charge on any atom is 0.211 e. The fourth-order valence-corrected chi connectivity index (χ4v) is 1.05. The lowest BCUT2D eigenvalue weighted by Gasteiger charge is -2.08. The van der Waals surface area contributed by atoms with E-state index in [-0.39, 0.29) is 6.04 Å². The number of anilines is 2. The summed E-state index contributed by atoms with van der Waals surface area (Å²) in [4.78, 5) is 10.2. The van der Waals surface area contributed by atoms with Gasteiger partial charge in [0, 0.05) is 11.4 Å². The fraction of sp³-hybridized carbons (Fsp3) is 0.200. The van der Waals surface area contributed by atoms with Crippen molar-refractivity contribution in [3.63, 3.8) is 0 Å². The molecular weight excluding hydrogens is 178 g/mol. The molecule has 0 saturated heterocycles. The predicted molar refractivity (Wildman–Crippen MR) is 54.8 cm³/mol. The van der Waals surface area contributed by atoms with Gasteiger partial charge in [0.2, 0.25) is 6.41 Å². The highest BCUT2D eigenvalue weighted by Gasteiger charge is 1.99. The number of benzene rings is 1. The Balaban J connectivity index is 2.73. The zero-order chi connectivity index (χ0) is 10.4. The average molecular weight is 189 g/mol. The molecule has 0 heterocycles. The molecule has 1 amide bonds. The first-order valence-electron chi connectivity index (χ1n) is 4.22. The largest absolute Gasteiger partial charge is 0.370 e. The highest BCUT2D eigenvalue weighted by Crippen LogP contribution is 2.14. The SMILES string of the molecule is CC(C#N)Nc1cccc(NC=O)c1. The first-order chi connectivity index (χ1) is 6.76. The van der Waals surface area contributed by atoms with Gasteiger partial charge in [-0.3, -0.25) is 4.79 Å². The molecule has 0 spiro atoms. The Bertz CT molecular complexity index is 357. The number of hydrogen-bond donors (Lipinski definition) is 2. The van der Waals surface area contributed by atoms with Crippen LogP contribution in [0.15, 0.2) is 24.3 Å². The van der Waals surface area contributed by atoms with Gasteiger partial charge in [0.1, 0.15) is 6.04 Å². The summed E-state index contributed by atoms with van der Waals surface area (Å²) in [5, 5.41) is 14.1. The fourth-order valence-electron chi connectivity index (χ4n) is 1.05. The van der Waals surface area contributed by atoms with Crippen molar-refractivity contribution in [3.05, 3.63) is 24.3 Å². The minimum atomic E-state index is -0.249. The van der Waals surface area contributed by atoms with Crippen molar-refractivity contribution in [1.29, 1.82) is 5.26 Å². The summed E-state index contributed by atoms with van der Waals surface area (Å²) in [5.74, 6) is 0. The Morgan fingerprint density at radius 2 is 2.21 bits per heavy atom. The molecule has 1 rings (SSSR count). The van der Waals surface area contributed by atoms with E-state index in [1.54, 1.807) is 25.1 Å². The molecule has 0 aliphatic rings. The number of nitriles is 1. The third-order valence-electron chi connectivity index (χ3n) is 1.66. The van der Waals surface area contributed by atoms with E-state index in [0.29, 0.717) is 12.1 Å². The van der Waals surface area contributed by atoms with Gasteiger partial charge in [0.25, 0.3) is 0 Å². The van der Waals surface area contributed by atoms with Gasteiger partial charge in [-0.05, 0) is 25.1 Å². The van der Waals surface area contributed by atoms with Crippen molar-refractivity contribution in [2.75, 3.05) is 10.6 Å². The average Bonchev–Trinajstić information content (AvgIpc) is 2.19. The Kier molecular flexibility index (Phi) is 3.50. The van der Waals surface area contributed by atoms with E-state index in [2.05, 4.69) is 16.7 Å². The normalized spacial score (nSPS) is 11.1. The molecule has 0 aromatic heterocycles. The van der Waals surface area contributed by atoms with Gasteiger partial charge in [0.05, 0.1) is 6.07 Å². The molecule has 4 nitrogen and oxygen atoms in total. The lowest BCUT2D eigenvalue weighted by atomic mass is 10.2. The smallest absolute Gasteiger partial charge is 0.211 e. The molecule has 0 radical (unpaired) electrons. The van der Waals surface area contributed by atoms with Crippen LogP contribution in [0.1, 0.15) is 6.92 Å². The van der Waals surface area contributed by atoms with Gasteiger partial charge in [-0.1, -0.05) is 6.07 Å². The molecule has 1 aromatic carbocycles. The Morgan fingerprint density at radius 3 is 2.86 bits per heavy atom. The van der Waals surface area contributed by atoms with Crippen LogP contribution in [0.2, 0.25) is 0 Å². The molecule has 2 N–H and O–H groups in total. The summed E-state index contributed by atoms with van der Waals surface area (Å²) in [5.41, 5.74) is 1.51. The van der Waals surface area contributed by atoms with E-state index in [0.717, 1.165) is 5.69 Å². The number of hydrogen-bond acceptors (Lipinski definition) is 3. The van der Waals surface area contributed by atoms with E-state index in [1.165, 1.54) is 0 Å². The third kappa shape index (κ3) is 2.79. The number of rotatable bonds is 4. The molecule has 0 saturated carbocycles. The van der Waals surface area contributed by atoms with Crippen LogP contribution in [0.4, 0.5) is 11.4 Å². The second-order valence-electron chi connectivity index (χ2n) is 2.84. The first kappa shape index (κ1) is 10.1. The number of carbonyl (C=O) groups is 1. The standard InChI is InChI=1S/C10H11N3O/c1-8(6-11)13-10-4-2-3-9(5-10)12-7-14/h2-5,7-8,13H,1H3,(H,12,14). The second kappa shape index (κ2) is 4.87. The molecule has 1 atom stereocenters. The minimum absolute atomic E-state index is 0.249. The molecule has 0 bridgehead atoms. The molecule has 4 heteroatoms. The van der Waals surface area contributed by atoms with Gasteiger partial charge in [-0.25, -0.2) is 0 Å². The predicted octanol–water partition coefficient (Wildman–Crippen LogP) is 1.58. The molecule has 0 aliphatic carbocycles. The summed E-state index contributed by atoms with van der Waals surface area (Å²) in [7, 11) is 0. The summed E-state index contributed by atoms with van der Waals surface area (Å²) in [6.45, 7) is 1.76. The second-order valence-corrected chi connectivity index (χ2v) is 2.84. The molecule has 1 unspecified atom stereocenters. The summed E-state index contributed by atoms with van der Waals surface area (Å²) < 4.78 is 0. The highest BCUT2D eigenvalue weighted by molar-refractivity contribution is 5.73. The van der Waals surface area contributed by atoms with Crippen LogP contribution < -0.4 is 10.6 Å². The maximum absolute atomic E-state index is 10.2. The monoisotopic (exact) mass is 189 g/mol. The van der Waals surface area contributed by atoms with Crippen LogP contribution in [0.3, 0.4) is 0 Å². The summed E-state index contributed by atoms with van der Waals surface area (Å²) in [6.07, 6.45) is 0.618. The van der Waals surface area contributed by atoms with Crippen LogP contribution in [0.25, 0.3) is 0 Å². The first-order valence-corrected chi connectivity index (χ1v) is 4.22. The van der Waals surface area contributed by atoms with E-state index < -0.39 is 0 Å². The number of nitrogens with one attached hydrogen (secondary N) is 2. The Morgan fingerprint density at radius 1 is 1.50 bits per heavy atom. The van der Waals surface area contributed by atoms with Crippen LogP contribution in [-0.4, -0.2) is 12.5 Å². The van der Waals surface area contributed by atoms with E-state index in [9.17, 15) is 4.79 Å². The topological polar surface area (TPSA) is 64.9 Å². The molecule has 0 aliphatic heterocycles. The van der Waals surface area contributed by atoms with Gasteiger partial charge in [0.15, 0.2) is 0 Å². The zero-order valence-corrected chi connectivity index (χ0v) is 7.82. The van der Waals surface area contributed by atoms with Crippen molar-refractivity contribution in [1.82, 2.24) is 0 Å². The molecule has 14 heavy (non-hydrogen) atoms. The van der Waals surface area contributed by atoms with Crippen LogP contribution >= 0.6 is 0 Å². The summed E-state index contributed by atoms with van der Waals surface area (Å²) in [6, 6.07) is 9.00. The number of carbonyl (C=O) groups excluding carboxylic acids is 1. The van der Waals surface area contributed by atoms with Crippen LogP contribution in [0.5, 0.6) is 0 Å². The quantitative estimate of drug-likeness (QED) is 0.707. The van der Waals surface area contributed by atoms with Crippen molar-refractivity contribution in [2.45, 2.75) is 13.0 Å². The van der Waals surface area contributed by atoms with Gasteiger partial charge >= 0.3 is 0 Å². The molecule has 72 valence electrons. The van der Waals surface area contributed by atoms with Crippen molar-refractivity contribution < 1.29 is 4.79 Å². The van der Waals surface area contributed by atoms with E-state index in [1.807, 2.05) is 6.07 Å². The molecule has 0 fully saturated rings. The molecular formula is C10H11N3O. The molecule has 1 aromatic rings. The van der Waals surface area contributed by atoms with Gasteiger partial charge < -0.3 is 10.6 Å². The lowest BCUT2D eigenvalue weighted by molar-refractivity contribution is -0.105. The maximum atomic E-state index is 10.2. The number of amides is 1.